The fourth-order valence-corrected chi connectivity index (χ4v) is 4.96. The van der Waals surface area contributed by atoms with Gasteiger partial charge in [0.25, 0.3) is 0 Å². The summed E-state index contributed by atoms with van der Waals surface area (Å²) in [5.41, 5.74) is -0.848. The lowest BCUT2D eigenvalue weighted by Gasteiger charge is -2.53. The third-order valence-electron chi connectivity index (χ3n) is 6.71. The summed E-state index contributed by atoms with van der Waals surface area (Å²) in [6, 6.07) is 0.746. The second-order valence-corrected chi connectivity index (χ2v) is 8.79. The maximum absolute atomic E-state index is 11.5. The maximum atomic E-state index is 11.5. The Balaban J connectivity index is 1.54. The molecule has 0 aromatic rings. The first-order valence-electron chi connectivity index (χ1n) is 9.75. The predicted molar refractivity (Wildman–Crippen MR) is 97.5 cm³/mol. The second kappa shape index (κ2) is 7.14. The molecule has 3 aliphatic rings. The minimum absolute atomic E-state index is 0.0756. The van der Waals surface area contributed by atoms with Gasteiger partial charge in [-0.25, -0.2) is 0 Å². The molecule has 1 N–H and O–H groups in total. The number of carbonyl (C=O) groups is 1. The van der Waals surface area contributed by atoms with Crippen LogP contribution in [-0.2, 0) is 9.53 Å². The molecule has 0 aliphatic carbocycles. The van der Waals surface area contributed by atoms with Crippen LogP contribution in [0, 0.1) is 0 Å². The molecule has 2 atom stereocenters. The van der Waals surface area contributed by atoms with Gasteiger partial charge in [0.1, 0.15) is 5.60 Å². The number of ether oxygens (including phenoxy) is 1. The molecule has 0 radical (unpaired) electrons. The highest BCUT2D eigenvalue weighted by molar-refractivity contribution is 5.73. The van der Waals surface area contributed by atoms with Crippen LogP contribution >= 0.6 is 0 Å². The Morgan fingerprint density at radius 2 is 1.76 bits per heavy atom. The zero-order valence-electron chi connectivity index (χ0n) is 16.3. The summed E-state index contributed by atoms with van der Waals surface area (Å²) in [6.45, 7) is 7.89. The van der Waals surface area contributed by atoms with Crippen molar-refractivity contribution in [2.24, 2.45) is 0 Å². The Morgan fingerprint density at radius 1 is 1.16 bits per heavy atom. The summed E-state index contributed by atoms with van der Waals surface area (Å²) in [5, 5.41) is 10.6. The minimum atomic E-state index is -0.772. The number of likely N-dealkylation sites (N-methyl/N-ethyl adjacent to an activating group) is 1. The zero-order valence-corrected chi connectivity index (χ0v) is 16.3. The topological polar surface area (TPSA) is 56.3 Å². The number of hydrogen-bond acceptors (Lipinski definition) is 5. The summed E-state index contributed by atoms with van der Waals surface area (Å²) in [4.78, 5) is 18.2. The molecule has 0 unspecified atom stereocenters. The van der Waals surface area contributed by atoms with Crippen LogP contribution in [-0.4, -0.2) is 95.9 Å². The molecule has 1 amide bonds. The highest BCUT2D eigenvalue weighted by Gasteiger charge is 2.49. The first-order valence-corrected chi connectivity index (χ1v) is 9.75. The fraction of sp³-hybridized carbons (Fsp3) is 0.947. The van der Waals surface area contributed by atoms with Gasteiger partial charge in [-0.1, -0.05) is 0 Å². The third-order valence-corrected chi connectivity index (χ3v) is 6.71. The molecular weight excluding hydrogens is 318 g/mol. The molecule has 3 heterocycles. The minimum Gasteiger partial charge on any atom is -0.386 e. The zero-order chi connectivity index (χ0) is 18.2. The number of carbonyl (C=O) groups excluding carboxylic acids is 1. The largest absolute Gasteiger partial charge is 0.386 e. The molecule has 6 nitrogen and oxygen atoms in total. The highest BCUT2D eigenvalue weighted by Crippen LogP contribution is 2.40. The van der Waals surface area contributed by atoms with E-state index in [1.165, 1.54) is 0 Å². The third kappa shape index (κ3) is 4.02. The van der Waals surface area contributed by atoms with Crippen LogP contribution in [0.25, 0.3) is 0 Å². The Hall–Kier alpha value is -0.690. The first-order chi connectivity index (χ1) is 11.7. The molecule has 0 aromatic heterocycles. The van der Waals surface area contributed by atoms with Gasteiger partial charge in [-0.2, -0.15) is 0 Å². The molecule has 1 spiro atoms. The fourth-order valence-electron chi connectivity index (χ4n) is 4.96. The Morgan fingerprint density at radius 3 is 2.28 bits per heavy atom. The number of piperidine rings is 2. The van der Waals surface area contributed by atoms with Crippen molar-refractivity contribution in [3.8, 4) is 0 Å². The second-order valence-electron chi connectivity index (χ2n) is 8.79. The van der Waals surface area contributed by atoms with E-state index in [1.54, 1.807) is 6.92 Å². The van der Waals surface area contributed by atoms with Crippen molar-refractivity contribution in [2.45, 2.75) is 69.2 Å². The van der Waals surface area contributed by atoms with Crippen LogP contribution in [0.4, 0.5) is 0 Å². The molecule has 144 valence electrons. The van der Waals surface area contributed by atoms with Gasteiger partial charge in [-0.3, -0.25) is 4.79 Å². The van der Waals surface area contributed by atoms with Crippen molar-refractivity contribution >= 4 is 5.91 Å². The average molecular weight is 354 g/mol. The van der Waals surface area contributed by atoms with Crippen LogP contribution in [0.2, 0.25) is 0 Å². The van der Waals surface area contributed by atoms with Crippen molar-refractivity contribution in [1.29, 1.82) is 0 Å². The van der Waals surface area contributed by atoms with E-state index in [9.17, 15) is 9.90 Å². The molecule has 0 bridgehead atoms. The Labute approximate surface area is 152 Å². The van der Waals surface area contributed by atoms with Crippen LogP contribution in [0.5, 0.6) is 0 Å². The van der Waals surface area contributed by atoms with Crippen molar-refractivity contribution in [2.75, 3.05) is 46.9 Å². The lowest BCUT2D eigenvalue weighted by molar-refractivity contribution is -0.208. The van der Waals surface area contributed by atoms with E-state index in [4.69, 9.17) is 4.74 Å². The van der Waals surface area contributed by atoms with Gasteiger partial charge in [0, 0.05) is 45.2 Å². The van der Waals surface area contributed by atoms with Gasteiger partial charge in [0.05, 0.1) is 12.2 Å². The number of amides is 1. The van der Waals surface area contributed by atoms with E-state index < -0.39 is 5.60 Å². The number of hydrogen-bond donors (Lipinski definition) is 1. The predicted octanol–water partition coefficient (Wildman–Crippen LogP) is 0.933. The molecule has 6 heteroatoms. The monoisotopic (exact) mass is 353 g/mol. The van der Waals surface area contributed by atoms with Crippen LogP contribution in [0.1, 0.15) is 46.0 Å². The lowest BCUT2D eigenvalue weighted by atomic mass is 9.76. The SMILES string of the molecule is CC(=O)N1CCC(N2CCC3(CC2)C[C@H](N(C)C)[C@@](C)(O)CO3)CC1. The quantitative estimate of drug-likeness (QED) is 0.801. The van der Waals surface area contributed by atoms with Crippen molar-refractivity contribution in [1.82, 2.24) is 14.7 Å². The molecule has 25 heavy (non-hydrogen) atoms. The molecule has 3 aliphatic heterocycles. The number of rotatable bonds is 2. The van der Waals surface area contributed by atoms with Crippen LogP contribution < -0.4 is 0 Å². The molecule has 3 rings (SSSR count). The van der Waals surface area contributed by atoms with Crippen molar-refractivity contribution < 1.29 is 14.6 Å². The number of likely N-dealkylation sites (tertiary alicyclic amines) is 2. The maximum Gasteiger partial charge on any atom is 0.219 e. The van der Waals surface area contributed by atoms with Crippen LogP contribution in [0.3, 0.4) is 0 Å². The smallest absolute Gasteiger partial charge is 0.219 e. The molecule has 3 saturated heterocycles. The molecular formula is C19H35N3O3. The van der Waals surface area contributed by atoms with Gasteiger partial charge >= 0.3 is 0 Å². The van der Waals surface area contributed by atoms with Gasteiger partial charge in [-0.15, -0.1) is 0 Å². The van der Waals surface area contributed by atoms with E-state index in [0.717, 1.165) is 58.3 Å². The lowest BCUT2D eigenvalue weighted by Crippen LogP contribution is -2.63. The Kier molecular flexibility index (Phi) is 5.45. The standard InChI is InChI=1S/C19H35N3O3/c1-15(23)21-9-5-16(6-10-21)22-11-7-19(8-12-22)13-17(20(3)4)18(2,24)14-25-19/h16-17,24H,5-14H2,1-4H3/t17-,18-/m0/s1. The van der Waals surface area contributed by atoms with E-state index >= 15 is 0 Å². The van der Waals surface area contributed by atoms with Crippen molar-refractivity contribution in [3.63, 3.8) is 0 Å². The number of nitrogens with zero attached hydrogens (tertiary/aromatic N) is 3. The van der Waals surface area contributed by atoms with E-state index in [-0.39, 0.29) is 17.6 Å². The normalized spacial score (nSPS) is 34.6. The molecule has 3 fully saturated rings. The van der Waals surface area contributed by atoms with Crippen molar-refractivity contribution in [3.05, 3.63) is 0 Å². The molecule has 0 saturated carbocycles. The van der Waals surface area contributed by atoms with Gasteiger partial charge in [-0.05, 0) is 53.1 Å². The summed E-state index contributed by atoms with van der Waals surface area (Å²) >= 11 is 0. The van der Waals surface area contributed by atoms with Gasteiger partial charge in [0.15, 0.2) is 0 Å². The summed E-state index contributed by atoms with van der Waals surface area (Å²) in [6.07, 6.45) is 5.16. The molecule has 0 aromatic carbocycles. The summed E-state index contributed by atoms with van der Waals surface area (Å²) < 4.78 is 6.23. The highest BCUT2D eigenvalue weighted by atomic mass is 16.5. The van der Waals surface area contributed by atoms with Crippen LogP contribution in [0.15, 0.2) is 0 Å². The first kappa shape index (κ1) is 19.1. The van der Waals surface area contributed by atoms with Gasteiger partial charge < -0.3 is 24.5 Å². The Bertz CT molecular complexity index is 478. The summed E-state index contributed by atoms with van der Waals surface area (Å²) in [5.74, 6) is 0.202. The van der Waals surface area contributed by atoms with E-state index in [1.807, 2.05) is 11.8 Å². The van der Waals surface area contributed by atoms with E-state index in [0.29, 0.717) is 12.6 Å². The number of aliphatic hydroxyl groups is 1. The average Bonchev–Trinajstić information content (AvgIpc) is 2.58. The van der Waals surface area contributed by atoms with Gasteiger partial charge in [0.2, 0.25) is 5.91 Å². The summed E-state index contributed by atoms with van der Waals surface area (Å²) in [7, 11) is 4.10. The van der Waals surface area contributed by atoms with E-state index in [2.05, 4.69) is 23.9 Å².